The molecule has 0 saturated carbocycles. The van der Waals surface area contributed by atoms with Crippen LogP contribution in [0.4, 0.5) is 0 Å². The molecule has 0 aliphatic rings. The number of esters is 1. The number of phosphoric ester groups is 1. The van der Waals surface area contributed by atoms with E-state index in [2.05, 4.69) is 54.6 Å². The summed E-state index contributed by atoms with van der Waals surface area (Å²) in [5.41, 5.74) is 1.82. The maximum Gasteiger partial charge on any atom is 0.472 e. The molecule has 0 aliphatic carbocycles. The summed E-state index contributed by atoms with van der Waals surface area (Å²) in [4.78, 5) is 22.8. The third-order valence-corrected chi connectivity index (χ3v) is 10.9. The molecule has 0 bridgehead atoms. The van der Waals surface area contributed by atoms with Crippen molar-refractivity contribution in [3.05, 3.63) is 96.1 Å². The molecule has 0 radical (unpaired) electrons. The lowest BCUT2D eigenvalue weighted by molar-refractivity contribution is -0.870. The van der Waals surface area contributed by atoms with E-state index in [9.17, 15) is 14.3 Å². The van der Waals surface area contributed by atoms with Gasteiger partial charge < -0.3 is 23.6 Å². The fourth-order valence-corrected chi connectivity index (χ4v) is 7.62. The van der Waals surface area contributed by atoms with Crippen molar-refractivity contribution in [3.63, 3.8) is 0 Å². The van der Waals surface area contributed by atoms with E-state index in [4.69, 9.17) is 23.3 Å². The Kier molecular flexibility index (Phi) is 16.9. The quantitative estimate of drug-likeness (QED) is 0.0185. The summed E-state index contributed by atoms with van der Waals surface area (Å²) in [6.07, 6.45) is 11.4. The average molecular weight is 775 g/mol. The molecule has 0 aliphatic heterocycles. The largest absolute Gasteiger partial charge is 0.472 e. The minimum Gasteiger partial charge on any atom is -0.454 e. The number of quaternary nitrogens is 1. The molecule has 5 rings (SSSR count). The molecule has 1 N–H and O–H groups in total. The highest BCUT2D eigenvalue weighted by atomic mass is 31.2. The van der Waals surface area contributed by atoms with Gasteiger partial charge >= 0.3 is 13.8 Å². The number of rotatable bonds is 27. The Balaban J connectivity index is 0.874. The molecular formula is C45H61NO8P+. The van der Waals surface area contributed by atoms with E-state index in [1.807, 2.05) is 27.2 Å². The second kappa shape index (κ2) is 21.8. The molecule has 9 nitrogen and oxygen atoms in total. The number of likely N-dealkylation sites (N-methyl/N-ethyl adjacent to an activating group) is 1. The van der Waals surface area contributed by atoms with Crippen LogP contribution in [0.25, 0.3) is 32.3 Å². The molecule has 2 unspecified atom stereocenters. The third kappa shape index (κ3) is 14.2. The highest BCUT2D eigenvalue weighted by Gasteiger charge is 2.26. The van der Waals surface area contributed by atoms with Crippen LogP contribution in [0, 0.1) is 0 Å². The zero-order chi connectivity index (χ0) is 38.9. The number of nitrogens with zero attached hydrogens (tertiary/aromatic N) is 1. The Morgan fingerprint density at radius 3 is 1.87 bits per heavy atom. The van der Waals surface area contributed by atoms with Crippen LogP contribution in [0.2, 0.25) is 0 Å². The first-order valence-electron chi connectivity index (χ1n) is 20.1. The number of carbonyl (C=O) groups is 1. The minimum absolute atomic E-state index is 0.0564. The van der Waals surface area contributed by atoms with Gasteiger partial charge in [0, 0.05) is 19.8 Å². The van der Waals surface area contributed by atoms with Crippen LogP contribution in [0.5, 0.6) is 0 Å². The summed E-state index contributed by atoms with van der Waals surface area (Å²) in [5.74, 6) is -0.546. The van der Waals surface area contributed by atoms with Gasteiger partial charge in [0.25, 0.3) is 0 Å². The summed E-state index contributed by atoms with van der Waals surface area (Å²) in [5, 5.41) is 8.14. The Morgan fingerprint density at radius 1 is 0.618 bits per heavy atom. The third-order valence-electron chi connectivity index (χ3n) is 9.96. The van der Waals surface area contributed by atoms with Gasteiger partial charge in [0.2, 0.25) is 0 Å². The normalized spacial score (nSPS) is 13.8. The first-order valence-corrected chi connectivity index (χ1v) is 21.6. The molecule has 0 spiro atoms. The van der Waals surface area contributed by atoms with Gasteiger partial charge in [-0.1, -0.05) is 111 Å². The van der Waals surface area contributed by atoms with Crippen LogP contribution in [-0.4, -0.2) is 88.8 Å². The fourth-order valence-electron chi connectivity index (χ4n) is 6.87. The predicted octanol–water partition coefficient (Wildman–Crippen LogP) is 10.1. The SMILES string of the molecule is C[N+](C)(C)CCOP(=O)(O)OCC(COCCCCCCCCCCOCCCCc1ccc2ccc3cccc4ccc1c2c34)OC(=O)c1ccccc1. The molecule has 2 atom stereocenters. The Labute approximate surface area is 327 Å². The Bertz CT molecular complexity index is 1910. The topological polar surface area (TPSA) is 101 Å². The van der Waals surface area contributed by atoms with Crippen molar-refractivity contribution in [2.45, 2.75) is 76.7 Å². The number of aryl methyl sites for hydroxylation is 1. The molecule has 298 valence electrons. The summed E-state index contributed by atoms with van der Waals surface area (Å²) in [6, 6.07) is 28.8. The van der Waals surface area contributed by atoms with Crippen LogP contribution in [0.3, 0.4) is 0 Å². The lowest BCUT2D eigenvalue weighted by atomic mass is 9.91. The molecule has 0 saturated heterocycles. The highest BCUT2D eigenvalue weighted by Crippen LogP contribution is 2.43. The van der Waals surface area contributed by atoms with Crippen LogP contribution >= 0.6 is 7.82 Å². The molecule has 0 heterocycles. The average Bonchev–Trinajstić information content (AvgIpc) is 3.17. The lowest BCUT2D eigenvalue weighted by Gasteiger charge is -2.24. The Hall–Kier alpha value is -3.40. The van der Waals surface area contributed by atoms with E-state index in [1.165, 1.54) is 63.6 Å². The van der Waals surface area contributed by atoms with Gasteiger partial charge in [-0.3, -0.25) is 9.05 Å². The number of hydrogen-bond donors (Lipinski definition) is 1. The fraction of sp³-hybridized carbons (Fsp3) is 0.489. The number of ether oxygens (including phenoxy) is 3. The van der Waals surface area contributed by atoms with E-state index in [-0.39, 0.29) is 19.8 Å². The number of carbonyl (C=O) groups excluding carboxylic acids is 1. The number of hydrogen-bond acceptors (Lipinski definition) is 7. The van der Waals surface area contributed by atoms with Crippen LogP contribution in [-0.2, 0) is 34.2 Å². The second-order valence-electron chi connectivity index (χ2n) is 15.6. The zero-order valence-corrected chi connectivity index (χ0v) is 34.0. The van der Waals surface area contributed by atoms with E-state index in [0.717, 1.165) is 58.2 Å². The Morgan fingerprint density at radius 2 is 1.20 bits per heavy atom. The van der Waals surface area contributed by atoms with Crippen molar-refractivity contribution >= 4 is 46.1 Å². The second-order valence-corrected chi connectivity index (χ2v) is 17.0. The zero-order valence-electron chi connectivity index (χ0n) is 33.1. The number of unbranched alkanes of at least 4 members (excludes halogenated alkanes) is 8. The van der Waals surface area contributed by atoms with Gasteiger partial charge in [-0.25, -0.2) is 9.36 Å². The van der Waals surface area contributed by atoms with E-state index in [0.29, 0.717) is 23.2 Å². The van der Waals surface area contributed by atoms with Gasteiger partial charge in [-0.2, -0.15) is 0 Å². The molecule has 0 fully saturated rings. The summed E-state index contributed by atoms with van der Waals surface area (Å²) < 4.78 is 40.6. The molecule has 0 aromatic heterocycles. The van der Waals surface area contributed by atoms with Gasteiger partial charge in [-0.15, -0.1) is 0 Å². The lowest BCUT2D eigenvalue weighted by Crippen LogP contribution is -2.37. The van der Waals surface area contributed by atoms with Crippen molar-refractivity contribution < 1.29 is 42.0 Å². The van der Waals surface area contributed by atoms with Crippen LogP contribution in [0.15, 0.2) is 84.9 Å². The minimum atomic E-state index is -4.31. The molecular weight excluding hydrogens is 713 g/mol. The van der Waals surface area contributed by atoms with Crippen molar-refractivity contribution in [2.75, 3.05) is 67.3 Å². The van der Waals surface area contributed by atoms with E-state index in [1.54, 1.807) is 24.3 Å². The van der Waals surface area contributed by atoms with Crippen LogP contribution < -0.4 is 0 Å². The molecule has 55 heavy (non-hydrogen) atoms. The molecule has 5 aromatic rings. The maximum atomic E-state index is 12.7. The maximum absolute atomic E-state index is 12.7. The number of phosphoric acid groups is 1. The van der Waals surface area contributed by atoms with Crippen molar-refractivity contribution in [1.82, 2.24) is 0 Å². The monoisotopic (exact) mass is 774 g/mol. The van der Waals surface area contributed by atoms with Gasteiger partial charge in [-0.05, 0) is 82.1 Å². The summed E-state index contributed by atoms with van der Waals surface area (Å²) >= 11 is 0. The predicted molar refractivity (Wildman–Crippen MR) is 222 cm³/mol. The van der Waals surface area contributed by atoms with Crippen molar-refractivity contribution in [3.8, 4) is 0 Å². The first-order chi connectivity index (χ1) is 26.6. The smallest absolute Gasteiger partial charge is 0.454 e. The van der Waals surface area contributed by atoms with Crippen molar-refractivity contribution in [2.24, 2.45) is 0 Å². The van der Waals surface area contributed by atoms with E-state index < -0.39 is 19.9 Å². The molecule has 0 amide bonds. The van der Waals surface area contributed by atoms with E-state index >= 15 is 0 Å². The van der Waals surface area contributed by atoms with Gasteiger partial charge in [0.05, 0.1) is 39.9 Å². The molecule has 10 heteroatoms. The standard InChI is InChI=1S/C45H60NO8P/c1-46(2,3)29-33-52-55(48,49)53-35-41(54-45(47)40-19-11-10-12-20-40)34-51-32-15-9-7-5-4-6-8-14-30-50-31-16-13-18-36-23-24-39-26-25-37-21-17-22-38-27-28-42(36)44(39)43(37)38/h10-12,17,19-28,41H,4-9,13-16,18,29-35H2,1-3H3/p+1. The summed E-state index contributed by atoms with van der Waals surface area (Å²) in [6.45, 7) is 2.50. The van der Waals surface area contributed by atoms with Crippen molar-refractivity contribution in [1.29, 1.82) is 0 Å². The van der Waals surface area contributed by atoms with Gasteiger partial charge in [0.1, 0.15) is 19.3 Å². The first kappa shape index (κ1) is 42.7. The molecule has 5 aromatic carbocycles. The summed E-state index contributed by atoms with van der Waals surface area (Å²) in [7, 11) is 1.56. The number of benzene rings is 5. The van der Waals surface area contributed by atoms with Crippen LogP contribution in [0.1, 0.15) is 80.1 Å². The highest BCUT2D eigenvalue weighted by molar-refractivity contribution is 7.47. The van der Waals surface area contributed by atoms with Gasteiger partial charge in [0.15, 0.2) is 0 Å².